The lowest BCUT2D eigenvalue weighted by Crippen LogP contribution is -2.25. The number of unbranched alkanes of at least 4 members (excludes halogenated alkanes) is 1. The number of aromatic nitrogens is 2. The van der Waals surface area contributed by atoms with Crippen LogP contribution in [0.5, 0.6) is 0 Å². The van der Waals surface area contributed by atoms with E-state index in [1.165, 1.54) is 0 Å². The van der Waals surface area contributed by atoms with Gasteiger partial charge in [0.05, 0.1) is 11.6 Å². The monoisotopic (exact) mass is 273 g/mol. The van der Waals surface area contributed by atoms with E-state index in [-0.39, 0.29) is 11.0 Å². The first-order valence-electron chi connectivity index (χ1n) is 7.18. The zero-order valence-electron chi connectivity index (χ0n) is 12.3. The van der Waals surface area contributed by atoms with Crippen molar-refractivity contribution in [2.24, 2.45) is 11.1 Å². The van der Waals surface area contributed by atoms with Gasteiger partial charge in [-0.25, -0.2) is 4.68 Å². The minimum atomic E-state index is 0.00110. The molecule has 0 aliphatic rings. The van der Waals surface area contributed by atoms with Gasteiger partial charge in [0.25, 0.3) is 5.56 Å². The number of hydrogen-bond acceptors (Lipinski definition) is 3. The Morgan fingerprint density at radius 3 is 2.75 bits per heavy atom. The first-order chi connectivity index (χ1) is 9.53. The second kappa shape index (κ2) is 6.18. The van der Waals surface area contributed by atoms with E-state index in [0.29, 0.717) is 13.1 Å². The molecule has 0 unspecified atom stereocenters. The molecular formula is C16H23N3O. The lowest BCUT2D eigenvalue weighted by molar-refractivity contribution is 0.326. The summed E-state index contributed by atoms with van der Waals surface area (Å²) in [7, 11) is 0. The Hall–Kier alpha value is -1.68. The Labute approximate surface area is 119 Å². The highest BCUT2D eigenvalue weighted by molar-refractivity contribution is 5.80. The van der Waals surface area contributed by atoms with Crippen molar-refractivity contribution >= 4 is 10.8 Å². The molecule has 0 radical (unpaired) electrons. The van der Waals surface area contributed by atoms with Crippen molar-refractivity contribution in [3.8, 4) is 0 Å². The summed E-state index contributed by atoms with van der Waals surface area (Å²) in [6, 6.07) is 7.58. The predicted molar refractivity (Wildman–Crippen MR) is 82.7 cm³/mol. The van der Waals surface area contributed by atoms with Crippen LogP contribution in [-0.2, 0) is 6.54 Å². The van der Waals surface area contributed by atoms with Crippen LogP contribution in [0.15, 0.2) is 35.3 Å². The summed E-state index contributed by atoms with van der Waals surface area (Å²) in [5.74, 6) is 0. The molecule has 0 spiro atoms. The zero-order chi connectivity index (χ0) is 14.6. The minimum absolute atomic E-state index is 0.00110. The molecule has 0 fully saturated rings. The SMILES string of the molecule is CC(C)(CN)CCCCn1ncc2ccccc2c1=O. The first-order valence-corrected chi connectivity index (χ1v) is 7.18. The third-order valence-electron chi connectivity index (χ3n) is 3.79. The van der Waals surface area contributed by atoms with Crippen LogP contribution in [0.2, 0.25) is 0 Å². The molecule has 1 heterocycles. The Morgan fingerprint density at radius 2 is 2.00 bits per heavy atom. The maximum absolute atomic E-state index is 12.3. The highest BCUT2D eigenvalue weighted by atomic mass is 16.1. The molecule has 0 saturated heterocycles. The van der Waals surface area contributed by atoms with E-state index in [4.69, 9.17) is 5.73 Å². The van der Waals surface area contributed by atoms with Gasteiger partial charge in [-0.3, -0.25) is 4.79 Å². The number of rotatable bonds is 6. The van der Waals surface area contributed by atoms with E-state index >= 15 is 0 Å². The number of benzene rings is 1. The highest BCUT2D eigenvalue weighted by Crippen LogP contribution is 2.21. The second-order valence-corrected chi connectivity index (χ2v) is 6.09. The fourth-order valence-electron chi connectivity index (χ4n) is 2.25. The van der Waals surface area contributed by atoms with E-state index < -0.39 is 0 Å². The van der Waals surface area contributed by atoms with Crippen molar-refractivity contribution in [2.75, 3.05) is 6.54 Å². The maximum Gasteiger partial charge on any atom is 0.274 e. The number of nitrogens with zero attached hydrogens (tertiary/aromatic N) is 2. The summed E-state index contributed by atoms with van der Waals surface area (Å²) in [5, 5.41) is 5.88. The number of hydrogen-bond donors (Lipinski definition) is 1. The molecule has 0 saturated carbocycles. The van der Waals surface area contributed by atoms with E-state index in [0.717, 1.165) is 30.0 Å². The Balaban J connectivity index is 2.01. The average molecular weight is 273 g/mol. The van der Waals surface area contributed by atoms with Gasteiger partial charge in [0.2, 0.25) is 0 Å². The van der Waals surface area contributed by atoms with Crippen molar-refractivity contribution in [2.45, 2.75) is 39.7 Å². The van der Waals surface area contributed by atoms with Crippen LogP contribution in [0.1, 0.15) is 33.1 Å². The molecule has 4 nitrogen and oxygen atoms in total. The standard InChI is InChI=1S/C16H23N3O/c1-16(2,12-17)9-5-6-10-19-15(20)14-8-4-3-7-13(14)11-18-19/h3-4,7-8,11H,5-6,9-10,12,17H2,1-2H3. The zero-order valence-corrected chi connectivity index (χ0v) is 12.3. The molecule has 1 aromatic heterocycles. The van der Waals surface area contributed by atoms with E-state index in [1.54, 1.807) is 10.9 Å². The summed E-state index contributed by atoms with van der Waals surface area (Å²) in [5.41, 5.74) is 5.90. The van der Waals surface area contributed by atoms with Gasteiger partial charge in [-0.05, 0) is 30.9 Å². The fraction of sp³-hybridized carbons (Fsp3) is 0.500. The normalized spacial score (nSPS) is 11.9. The molecule has 2 aromatic rings. The van der Waals surface area contributed by atoms with Gasteiger partial charge in [-0.2, -0.15) is 5.10 Å². The highest BCUT2D eigenvalue weighted by Gasteiger charge is 2.14. The van der Waals surface area contributed by atoms with Gasteiger partial charge >= 0.3 is 0 Å². The van der Waals surface area contributed by atoms with E-state index in [9.17, 15) is 4.79 Å². The Morgan fingerprint density at radius 1 is 1.25 bits per heavy atom. The van der Waals surface area contributed by atoms with Crippen LogP contribution in [0.3, 0.4) is 0 Å². The molecule has 0 aliphatic carbocycles. The van der Waals surface area contributed by atoms with Crippen molar-refractivity contribution in [1.82, 2.24) is 9.78 Å². The van der Waals surface area contributed by atoms with Gasteiger partial charge in [-0.15, -0.1) is 0 Å². The van der Waals surface area contributed by atoms with Crippen molar-refractivity contribution in [3.05, 3.63) is 40.8 Å². The summed E-state index contributed by atoms with van der Waals surface area (Å²) in [6.45, 7) is 5.71. The summed E-state index contributed by atoms with van der Waals surface area (Å²) >= 11 is 0. The molecule has 0 bridgehead atoms. The van der Waals surface area contributed by atoms with E-state index in [2.05, 4.69) is 18.9 Å². The van der Waals surface area contributed by atoms with Gasteiger partial charge in [0.1, 0.15) is 0 Å². The molecule has 0 amide bonds. The topological polar surface area (TPSA) is 60.9 Å². The fourth-order valence-corrected chi connectivity index (χ4v) is 2.25. The molecule has 20 heavy (non-hydrogen) atoms. The van der Waals surface area contributed by atoms with Crippen LogP contribution in [-0.4, -0.2) is 16.3 Å². The first kappa shape index (κ1) is 14.7. The van der Waals surface area contributed by atoms with Crippen molar-refractivity contribution < 1.29 is 0 Å². The smallest absolute Gasteiger partial charge is 0.274 e. The number of fused-ring (bicyclic) bond motifs is 1. The second-order valence-electron chi connectivity index (χ2n) is 6.09. The largest absolute Gasteiger partial charge is 0.330 e. The lowest BCUT2D eigenvalue weighted by atomic mass is 9.87. The van der Waals surface area contributed by atoms with Gasteiger partial charge in [0, 0.05) is 11.9 Å². The third kappa shape index (κ3) is 3.45. The summed E-state index contributed by atoms with van der Waals surface area (Å²) in [4.78, 5) is 12.3. The number of nitrogens with two attached hydrogens (primary N) is 1. The van der Waals surface area contributed by atoms with Crippen LogP contribution >= 0.6 is 0 Å². The molecule has 2 rings (SSSR count). The van der Waals surface area contributed by atoms with Gasteiger partial charge < -0.3 is 5.73 Å². The van der Waals surface area contributed by atoms with Gasteiger partial charge in [0.15, 0.2) is 0 Å². The summed E-state index contributed by atoms with van der Waals surface area (Å²) in [6.07, 6.45) is 4.85. The number of aryl methyl sites for hydroxylation is 1. The van der Waals surface area contributed by atoms with Crippen LogP contribution in [0, 0.1) is 5.41 Å². The quantitative estimate of drug-likeness (QED) is 0.823. The Bertz CT molecular complexity index is 631. The lowest BCUT2D eigenvalue weighted by Gasteiger charge is -2.21. The molecular weight excluding hydrogens is 250 g/mol. The molecule has 1 aromatic carbocycles. The Kier molecular flexibility index (Phi) is 4.55. The third-order valence-corrected chi connectivity index (χ3v) is 3.79. The van der Waals surface area contributed by atoms with Crippen LogP contribution < -0.4 is 11.3 Å². The van der Waals surface area contributed by atoms with E-state index in [1.807, 2.05) is 24.3 Å². The predicted octanol–water partition coefficient (Wildman–Crippen LogP) is 2.55. The maximum atomic E-state index is 12.3. The van der Waals surface area contributed by atoms with Crippen molar-refractivity contribution in [1.29, 1.82) is 0 Å². The molecule has 0 atom stereocenters. The minimum Gasteiger partial charge on any atom is -0.330 e. The van der Waals surface area contributed by atoms with Gasteiger partial charge in [-0.1, -0.05) is 38.5 Å². The van der Waals surface area contributed by atoms with Crippen LogP contribution in [0.25, 0.3) is 10.8 Å². The molecule has 108 valence electrons. The van der Waals surface area contributed by atoms with Crippen LogP contribution in [0.4, 0.5) is 0 Å². The molecule has 4 heteroatoms. The summed E-state index contributed by atoms with van der Waals surface area (Å²) < 4.78 is 1.57. The van der Waals surface area contributed by atoms with Crippen molar-refractivity contribution in [3.63, 3.8) is 0 Å². The molecule has 0 aliphatic heterocycles. The molecule has 2 N–H and O–H groups in total. The average Bonchev–Trinajstić information content (AvgIpc) is 2.46.